The number of carbonyl (C=O) groups excluding carboxylic acids is 1. The van der Waals surface area contributed by atoms with E-state index in [0.717, 1.165) is 36.3 Å². The summed E-state index contributed by atoms with van der Waals surface area (Å²) in [5.74, 6) is 2.20. The first-order valence-electron chi connectivity index (χ1n) is 10.9. The fourth-order valence-electron chi connectivity index (χ4n) is 4.45. The maximum atomic E-state index is 13.3. The molecule has 0 saturated carbocycles. The zero-order chi connectivity index (χ0) is 22.5. The van der Waals surface area contributed by atoms with Gasteiger partial charge in [0.05, 0.1) is 33.3 Å². The van der Waals surface area contributed by atoms with E-state index in [-0.39, 0.29) is 17.9 Å². The Bertz CT molecular complexity index is 1050. The number of β-lactam (4-membered cyclic amide) rings is 1. The molecule has 1 aliphatic heterocycles. The molecule has 1 aliphatic rings. The first-order chi connectivity index (χ1) is 15.7. The van der Waals surface area contributed by atoms with E-state index in [4.69, 9.17) is 14.2 Å². The van der Waals surface area contributed by atoms with Crippen LogP contribution in [0.3, 0.4) is 0 Å². The monoisotopic (exact) mass is 431 g/mol. The smallest absolute Gasteiger partial charge is 0.233 e. The Morgan fingerprint density at radius 1 is 0.812 bits per heavy atom. The Balaban J connectivity index is 1.59. The molecular weight excluding hydrogens is 402 g/mol. The highest BCUT2D eigenvalue weighted by molar-refractivity contribution is 6.03. The van der Waals surface area contributed by atoms with Gasteiger partial charge < -0.3 is 19.1 Å². The second kappa shape index (κ2) is 9.77. The van der Waals surface area contributed by atoms with Crippen molar-refractivity contribution in [2.24, 2.45) is 5.92 Å². The Labute approximate surface area is 189 Å². The molecule has 3 aromatic rings. The second-order valence-corrected chi connectivity index (χ2v) is 7.95. The first-order valence-corrected chi connectivity index (χ1v) is 10.9. The van der Waals surface area contributed by atoms with Crippen molar-refractivity contribution in [3.63, 3.8) is 0 Å². The van der Waals surface area contributed by atoms with Crippen LogP contribution in [0.1, 0.15) is 30.0 Å². The van der Waals surface area contributed by atoms with Crippen molar-refractivity contribution in [1.82, 2.24) is 0 Å². The molecule has 4 rings (SSSR count). The van der Waals surface area contributed by atoms with Crippen LogP contribution in [0.15, 0.2) is 72.8 Å². The van der Waals surface area contributed by atoms with E-state index in [1.807, 2.05) is 53.4 Å². The highest BCUT2D eigenvalue weighted by Gasteiger charge is 2.48. The predicted octanol–water partition coefficient (Wildman–Crippen LogP) is 5.44. The van der Waals surface area contributed by atoms with Gasteiger partial charge in [0.1, 0.15) is 5.75 Å². The molecule has 32 heavy (non-hydrogen) atoms. The molecule has 5 nitrogen and oxygen atoms in total. The average Bonchev–Trinajstić information content (AvgIpc) is 2.85. The molecule has 1 fully saturated rings. The molecule has 1 amide bonds. The van der Waals surface area contributed by atoms with Gasteiger partial charge in [-0.25, -0.2) is 0 Å². The highest BCUT2D eigenvalue weighted by atomic mass is 16.5. The van der Waals surface area contributed by atoms with E-state index in [1.165, 1.54) is 5.56 Å². The summed E-state index contributed by atoms with van der Waals surface area (Å²) >= 11 is 0. The molecule has 166 valence electrons. The SMILES string of the molecule is COc1ccc(N2C(=O)[C@@H](CCCc3ccccc3)[C@H]2c2ccc(OC)c(OC)c2)cc1. The van der Waals surface area contributed by atoms with Gasteiger partial charge in [0, 0.05) is 5.69 Å². The summed E-state index contributed by atoms with van der Waals surface area (Å²) in [6.45, 7) is 0. The van der Waals surface area contributed by atoms with Gasteiger partial charge in [-0.2, -0.15) is 0 Å². The Kier molecular flexibility index (Phi) is 6.64. The quantitative estimate of drug-likeness (QED) is 0.423. The number of hydrogen-bond acceptors (Lipinski definition) is 4. The molecule has 3 aromatic carbocycles. The van der Waals surface area contributed by atoms with Crippen molar-refractivity contribution in [2.45, 2.75) is 25.3 Å². The summed E-state index contributed by atoms with van der Waals surface area (Å²) in [5.41, 5.74) is 3.21. The number of aryl methyl sites for hydroxylation is 1. The topological polar surface area (TPSA) is 48.0 Å². The maximum Gasteiger partial charge on any atom is 0.233 e. The number of rotatable bonds is 9. The third-order valence-corrected chi connectivity index (χ3v) is 6.14. The summed E-state index contributed by atoms with van der Waals surface area (Å²) in [5, 5.41) is 0. The number of methoxy groups -OCH3 is 3. The lowest BCUT2D eigenvalue weighted by molar-refractivity contribution is -0.130. The van der Waals surface area contributed by atoms with E-state index >= 15 is 0 Å². The van der Waals surface area contributed by atoms with Crippen LogP contribution in [0.25, 0.3) is 0 Å². The number of benzene rings is 3. The van der Waals surface area contributed by atoms with Gasteiger partial charge in [-0.3, -0.25) is 4.79 Å². The van der Waals surface area contributed by atoms with Crippen LogP contribution in [-0.4, -0.2) is 27.2 Å². The van der Waals surface area contributed by atoms with Gasteiger partial charge in [-0.1, -0.05) is 36.4 Å². The highest BCUT2D eigenvalue weighted by Crippen LogP contribution is 2.47. The number of nitrogens with zero attached hydrogens (tertiary/aromatic N) is 1. The molecule has 1 heterocycles. The summed E-state index contributed by atoms with van der Waals surface area (Å²) in [6, 6.07) is 23.9. The molecular formula is C27H29NO4. The molecule has 0 unspecified atom stereocenters. The van der Waals surface area contributed by atoms with Crippen molar-refractivity contribution < 1.29 is 19.0 Å². The minimum Gasteiger partial charge on any atom is -0.497 e. The Morgan fingerprint density at radius 2 is 1.53 bits per heavy atom. The third kappa shape index (κ3) is 4.28. The maximum absolute atomic E-state index is 13.3. The lowest BCUT2D eigenvalue weighted by Crippen LogP contribution is -2.55. The second-order valence-electron chi connectivity index (χ2n) is 7.95. The summed E-state index contributed by atoms with van der Waals surface area (Å²) in [7, 11) is 4.89. The Morgan fingerprint density at radius 3 is 2.19 bits per heavy atom. The molecule has 0 aliphatic carbocycles. The molecule has 0 spiro atoms. The van der Waals surface area contributed by atoms with Gasteiger partial charge >= 0.3 is 0 Å². The molecule has 0 N–H and O–H groups in total. The molecule has 2 atom stereocenters. The fraction of sp³-hybridized carbons (Fsp3) is 0.296. The standard InChI is InChI=1S/C27H29NO4/c1-30-22-15-13-21(14-16-22)28-26(20-12-17-24(31-2)25(18-20)32-3)23(27(28)29)11-7-10-19-8-5-4-6-9-19/h4-6,8-9,12-18,23,26H,7,10-11H2,1-3H3/t23-,26+/m0/s1. The van der Waals surface area contributed by atoms with Crippen molar-refractivity contribution in [2.75, 3.05) is 26.2 Å². The molecule has 0 aromatic heterocycles. The molecule has 5 heteroatoms. The van der Waals surface area contributed by atoms with Gasteiger partial charge in [0.15, 0.2) is 11.5 Å². The Hall–Kier alpha value is -3.47. The molecule has 0 radical (unpaired) electrons. The largest absolute Gasteiger partial charge is 0.497 e. The first kappa shape index (κ1) is 21.8. The van der Waals surface area contributed by atoms with Crippen LogP contribution in [0.4, 0.5) is 5.69 Å². The number of amides is 1. The number of anilines is 1. The zero-order valence-corrected chi connectivity index (χ0v) is 18.8. The van der Waals surface area contributed by atoms with Crippen molar-refractivity contribution in [3.05, 3.63) is 83.9 Å². The van der Waals surface area contributed by atoms with E-state index < -0.39 is 0 Å². The lowest BCUT2D eigenvalue weighted by Gasteiger charge is -2.48. The molecule has 0 bridgehead atoms. The molecule has 1 saturated heterocycles. The zero-order valence-electron chi connectivity index (χ0n) is 18.8. The third-order valence-electron chi connectivity index (χ3n) is 6.14. The lowest BCUT2D eigenvalue weighted by atomic mass is 9.78. The summed E-state index contributed by atoms with van der Waals surface area (Å²) in [6.07, 6.45) is 2.76. The fourth-order valence-corrected chi connectivity index (χ4v) is 4.45. The van der Waals surface area contributed by atoms with Gasteiger partial charge in [0.2, 0.25) is 5.91 Å². The van der Waals surface area contributed by atoms with Crippen LogP contribution in [0.2, 0.25) is 0 Å². The van der Waals surface area contributed by atoms with Crippen LogP contribution in [0.5, 0.6) is 17.2 Å². The van der Waals surface area contributed by atoms with Crippen molar-refractivity contribution >= 4 is 11.6 Å². The van der Waals surface area contributed by atoms with E-state index in [1.54, 1.807) is 21.3 Å². The minimum absolute atomic E-state index is 0.0496. The van der Waals surface area contributed by atoms with Crippen molar-refractivity contribution in [3.8, 4) is 17.2 Å². The van der Waals surface area contributed by atoms with E-state index in [0.29, 0.717) is 11.5 Å². The normalized spacial score (nSPS) is 17.6. The number of ether oxygens (including phenoxy) is 3. The van der Waals surface area contributed by atoms with Crippen LogP contribution >= 0.6 is 0 Å². The van der Waals surface area contributed by atoms with Crippen LogP contribution in [-0.2, 0) is 11.2 Å². The van der Waals surface area contributed by atoms with E-state index in [9.17, 15) is 4.79 Å². The van der Waals surface area contributed by atoms with Crippen LogP contribution in [0, 0.1) is 5.92 Å². The van der Waals surface area contributed by atoms with Crippen molar-refractivity contribution in [1.29, 1.82) is 0 Å². The van der Waals surface area contributed by atoms with Crippen LogP contribution < -0.4 is 19.1 Å². The minimum atomic E-state index is -0.0704. The predicted molar refractivity (Wildman–Crippen MR) is 126 cm³/mol. The van der Waals surface area contributed by atoms with Gasteiger partial charge in [0.25, 0.3) is 0 Å². The number of hydrogen-bond donors (Lipinski definition) is 0. The van der Waals surface area contributed by atoms with E-state index in [2.05, 4.69) is 24.3 Å². The summed E-state index contributed by atoms with van der Waals surface area (Å²) in [4.78, 5) is 15.1. The van der Waals surface area contributed by atoms with Gasteiger partial charge in [-0.05, 0) is 66.8 Å². The average molecular weight is 432 g/mol. The number of carbonyl (C=O) groups is 1. The summed E-state index contributed by atoms with van der Waals surface area (Å²) < 4.78 is 16.2. The van der Waals surface area contributed by atoms with Gasteiger partial charge in [-0.15, -0.1) is 0 Å².